The number of ketones is 1. The third-order valence-electron chi connectivity index (χ3n) is 9.76. The second-order valence-electron chi connectivity index (χ2n) is 13.4. The van der Waals surface area contributed by atoms with Crippen LogP contribution in [0.1, 0.15) is 64.1 Å². The van der Waals surface area contributed by atoms with Crippen molar-refractivity contribution < 1.29 is 39.8 Å². The summed E-state index contributed by atoms with van der Waals surface area (Å²) >= 11 is -1.33. The zero-order valence-electron chi connectivity index (χ0n) is 33.9. The fraction of sp³-hybridized carbons (Fsp3) is 0.310. The molecule has 0 aliphatic heterocycles. The summed E-state index contributed by atoms with van der Waals surface area (Å²) in [6.45, 7) is 0.125. The molecule has 325 valence electrons. The van der Waals surface area contributed by atoms with Gasteiger partial charge in [0.2, 0.25) is 5.78 Å². The van der Waals surface area contributed by atoms with Crippen LogP contribution >= 0.6 is 30.3 Å². The Morgan fingerprint density at radius 3 is 1.87 bits per heavy atom. The summed E-state index contributed by atoms with van der Waals surface area (Å²) in [6, 6.07) is 19.1. The summed E-state index contributed by atoms with van der Waals surface area (Å²) in [6.07, 6.45) is 10.9. The Bertz CT molecular complexity index is 2430. The Balaban J connectivity index is 0.000000185. The molecule has 0 amide bonds. The van der Waals surface area contributed by atoms with E-state index in [2.05, 4.69) is 38.0 Å². The van der Waals surface area contributed by atoms with E-state index >= 15 is 0 Å². The molecule has 5 aromatic rings. The molecule has 3 aliphatic rings. The van der Waals surface area contributed by atoms with Gasteiger partial charge in [-0.05, 0) is 123 Å². The quantitative estimate of drug-likeness (QED) is 0.0295. The molecule has 61 heavy (non-hydrogen) atoms. The minimum atomic E-state index is -1.33. The number of H-pyrrole nitrogens is 1. The number of ether oxygens (including phenoxy) is 3. The molecule has 0 atom stereocenters. The van der Waals surface area contributed by atoms with Gasteiger partial charge in [-0.15, -0.1) is 0 Å². The Labute approximate surface area is 371 Å². The minimum absolute atomic E-state index is 0.125. The van der Waals surface area contributed by atoms with E-state index in [0.29, 0.717) is 23.5 Å². The van der Waals surface area contributed by atoms with Crippen molar-refractivity contribution in [2.45, 2.75) is 57.8 Å². The number of benzene rings is 3. The van der Waals surface area contributed by atoms with E-state index in [1.807, 2.05) is 30.3 Å². The molecular weight excluding hydrogens is 889 g/mol. The molecule has 15 nitrogen and oxygen atoms in total. The number of nitrogens with one attached hydrogen (secondary N) is 1. The summed E-state index contributed by atoms with van der Waals surface area (Å²) in [7, 11) is 19.6. The fourth-order valence-corrected chi connectivity index (χ4v) is 6.96. The van der Waals surface area contributed by atoms with E-state index in [9.17, 15) is 9.70 Å². The number of nitrogen functional groups attached to an aromatic ring is 2. The molecule has 19 heteroatoms. The van der Waals surface area contributed by atoms with Crippen LogP contribution in [0.5, 0.6) is 17.2 Å². The molecule has 0 radical (unpaired) electrons. The zero-order valence-corrected chi connectivity index (χ0v) is 37.2. The molecular formula is C42H48Cl3FeN9O6+. The number of hydrogen-bond acceptors (Lipinski definition) is 13. The molecule has 0 saturated heterocycles. The number of nitrogens with zero attached hydrogens (tertiary/aromatic N) is 5. The maximum atomic E-state index is 12.0. The number of hydrogen-bond donors (Lipinski definition) is 5. The summed E-state index contributed by atoms with van der Waals surface area (Å²) in [5.74, 6) is 2.99. The van der Waals surface area contributed by atoms with Gasteiger partial charge in [-0.2, -0.15) is 5.26 Å². The topological polar surface area (TPSA) is 244 Å². The van der Waals surface area contributed by atoms with E-state index in [1.54, 1.807) is 51.9 Å². The predicted molar refractivity (Wildman–Crippen MR) is 235 cm³/mol. The van der Waals surface area contributed by atoms with Crippen LogP contribution < -0.4 is 35.8 Å². The first kappa shape index (κ1) is 48.3. The molecule has 3 aromatic carbocycles. The summed E-state index contributed by atoms with van der Waals surface area (Å²) in [4.78, 5) is 36.0. The number of nitriles is 1. The van der Waals surface area contributed by atoms with E-state index in [0.717, 1.165) is 107 Å². The van der Waals surface area contributed by atoms with Gasteiger partial charge in [-0.25, -0.2) is 4.98 Å². The van der Waals surface area contributed by atoms with Gasteiger partial charge >= 0.3 is 47.3 Å². The average Bonchev–Trinajstić information content (AvgIpc) is 3.65. The Morgan fingerprint density at radius 2 is 1.33 bits per heavy atom. The molecule has 2 heterocycles. The van der Waals surface area contributed by atoms with E-state index in [4.69, 9.17) is 66.4 Å². The van der Waals surface area contributed by atoms with Crippen LogP contribution in [0.15, 0.2) is 72.1 Å². The Kier molecular flexibility index (Phi) is 19.1. The monoisotopic (exact) mass is 935 g/mol. The van der Waals surface area contributed by atoms with Gasteiger partial charge in [-0.1, -0.05) is 10.1 Å². The first-order valence-electron chi connectivity index (χ1n) is 18.9. The average molecular weight is 937 g/mol. The van der Waals surface area contributed by atoms with Crippen LogP contribution in [0.4, 0.5) is 11.6 Å². The van der Waals surface area contributed by atoms with Crippen molar-refractivity contribution in [2.24, 2.45) is 10.9 Å². The fourth-order valence-electron chi connectivity index (χ4n) is 6.96. The number of Topliss-reactive ketones (excluding diaryl/α,β-unsaturated/α-hetero) is 1. The first-order chi connectivity index (χ1) is 29.4. The van der Waals surface area contributed by atoms with Gasteiger partial charge in [0.15, 0.2) is 5.69 Å². The molecule has 0 bridgehead atoms. The normalized spacial score (nSPS) is 13.9. The second kappa shape index (κ2) is 24.1. The van der Waals surface area contributed by atoms with Crippen LogP contribution in [0, 0.1) is 16.2 Å². The molecule has 3 aliphatic carbocycles. The van der Waals surface area contributed by atoms with Crippen molar-refractivity contribution in [2.75, 3.05) is 39.3 Å². The first-order valence-corrected chi connectivity index (χ1v) is 23.5. The molecule has 8 rings (SSSR count). The molecule has 0 unspecified atom stereocenters. The molecule has 0 saturated carbocycles. The van der Waals surface area contributed by atoms with Crippen LogP contribution in [-0.2, 0) is 43.3 Å². The van der Waals surface area contributed by atoms with E-state index < -0.39 is 11.2 Å². The summed E-state index contributed by atoms with van der Waals surface area (Å²) < 4.78 is 16.5. The number of rotatable bonds is 3. The molecule has 0 spiro atoms. The van der Waals surface area contributed by atoms with E-state index in [1.165, 1.54) is 11.1 Å². The zero-order chi connectivity index (χ0) is 44.5. The van der Waals surface area contributed by atoms with Crippen molar-refractivity contribution in [1.29, 1.82) is 5.26 Å². The number of aromatic nitrogens is 4. The van der Waals surface area contributed by atoms with Crippen LogP contribution in [0.2, 0.25) is 0 Å². The number of aromatic amines is 1. The molecule has 0 fully saturated rings. The van der Waals surface area contributed by atoms with Crippen molar-refractivity contribution in [3.8, 4) is 45.8 Å². The van der Waals surface area contributed by atoms with Gasteiger partial charge in [0.1, 0.15) is 28.8 Å². The van der Waals surface area contributed by atoms with Gasteiger partial charge < -0.3 is 35.9 Å². The van der Waals surface area contributed by atoms with Crippen LogP contribution in [0.3, 0.4) is 0 Å². The number of aryl methyl sites for hydroxylation is 4. The predicted octanol–water partition coefficient (Wildman–Crippen LogP) is 7.48. The van der Waals surface area contributed by atoms with Crippen molar-refractivity contribution >= 4 is 53.4 Å². The number of carbonyl (C=O) groups excluding carboxylic acids is 1. The second-order valence-corrected chi connectivity index (χ2v) is 18.9. The van der Waals surface area contributed by atoms with Crippen molar-refractivity contribution in [1.82, 2.24) is 15.0 Å². The summed E-state index contributed by atoms with van der Waals surface area (Å²) in [5.41, 5.74) is 26.0. The Morgan fingerprint density at radius 1 is 0.836 bits per heavy atom. The van der Waals surface area contributed by atoms with Crippen LogP contribution in [0.25, 0.3) is 22.5 Å². The van der Waals surface area contributed by atoms with Crippen molar-refractivity contribution in [3.05, 3.63) is 106 Å². The number of fused-ring (bicyclic) bond motifs is 7. The van der Waals surface area contributed by atoms with E-state index in [-0.39, 0.29) is 23.9 Å². The Hall–Kier alpha value is -5.40. The number of oxime groups is 1. The third-order valence-corrected chi connectivity index (χ3v) is 9.76. The molecule has 8 N–H and O–H groups in total. The SMILES string of the molecule is COc1ccc2c(c1)CCC/C(=N/O)C2=O.COc1ccc2c(c1)CCCc1c-2[nH]cc(N)[n+]1=O.COc1ccc2c(c1)CCCc1nc(N)cnc1-2.N#CCN.[Cl][Fe]([Cl])[Cl]. The maximum absolute atomic E-state index is 12.0. The van der Waals surface area contributed by atoms with Gasteiger partial charge in [-0.3, -0.25) is 15.5 Å². The number of anilines is 2. The third kappa shape index (κ3) is 13.3. The summed E-state index contributed by atoms with van der Waals surface area (Å²) in [5, 5.41) is 19.3. The number of carbonyl (C=O) groups is 1. The van der Waals surface area contributed by atoms with Gasteiger partial charge in [0, 0.05) is 27.5 Å². The number of methoxy groups -OCH3 is 3. The van der Waals surface area contributed by atoms with Gasteiger partial charge in [0.25, 0.3) is 0 Å². The van der Waals surface area contributed by atoms with Crippen LogP contribution in [-0.4, -0.2) is 59.5 Å². The molecule has 2 aromatic heterocycles. The van der Waals surface area contributed by atoms with Crippen molar-refractivity contribution in [3.63, 3.8) is 0 Å². The number of nitrogens with two attached hydrogens (primary N) is 3. The standard InChI is InChI=1S/C14H16N3O2.C14H15N3O.C12H13NO3.C2H4N2.3ClH.Fe/c1-19-10-5-6-11-9(7-10)3-2-4-12-14(11)16-8-13(15)17(12)18;1-18-10-5-6-11-9(7-10)3-2-4-12-14(11)16-8-13(15)17-12;1-16-9-5-6-10-8(7-9)3-2-4-11(13-15)12(10)14;3-1-2-4;;;;/h5-8H,2-4,15H2,1H3,(H,16,18);5-8H,2-4H2,1H3,(H2,15,17);5-7,15H,2-4H2,1H3;1,3H2;3*1H;/q+1;;;;;;;+3/p-3/b;;13-11-;;;;;. The number of halogens is 3. The van der Waals surface area contributed by atoms with Gasteiger partial charge in [0.05, 0.1) is 63.4 Å².